The summed E-state index contributed by atoms with van der Waals surface area (Å²) in [6.07, 6.45) is 4.12. The number of hydrogen-bond donors (Lipinski definition) is 0. The van der Waals surface area contributed by atoms with E-state index in [1.807, 2.05) is 68.5 Å². The van der Waals surface area contributed by atoms with Gasteiger partial charge in [0.1, 0.15) is 0 Å². The molecule has 0 N–H and O–H groups in total. The second kappa shape index (κ2) is 9.17. The molecule has 1 saturated carbocycles. The molecule has 4 nitrogen and oxygen atoms in total. The van der Waals surface area contributed by atoms with Crippen LogP contribution in [0.4, 0.5) is 0 Å². The molecule has 0 heterocycles. The molecule has 2 aromatic carbocycles. The molecule has 0 bridgehead atoms. The van der Waals surface area contributed by atoms with E-state index in [1.54, 1.807) is 0 Å². The molecule has 0 amide bonds. The van der Waals surface area contributed by atoms with E-state index < -0.39 is 17.4 Å². The fourth-order valence-electron chi connectivity index (χ4n) is 3.58. The summed E-state index contributed by atoms with van der Waals surface area (Å²) in [5.41, 5.74) is 1.05. The zero-order valence-electron chi connectivity index (χ0n) is 16.2. The predicted octanol–water partition coefficient (Wildman–Crippen LogP) is 4.47. The van der Waals surface area contributed by atoms with Crippen LogP contribution in [0.15, 0.2) is 66.7 Å². The van der Waals surface area contributed by atoms with Crippen LogP contribution in [0.25, 0.3) is 6.08 Å². The number of benzene rings is 2. The second-order valence-corrected chi connectivity index (χ2v) is 6.44. The zero-order chi connectivity index (χ0) is 19.9. The van der Waals surface area contributed by atoms with Crippen molar-refractivity contribution in [2.75, 3.05) is 14.2 Å². The molecule has 0 aromatic heterocycles. The Morgan fingerprint density at radius 3 is 1.81 bits per heavy atom. The number of methoxy groups -OCH3 is 2. The maximum absolute atomic E-state index is 12.0. The summed E-state index contributed by atoms with van der Waals surface area (Å²) in [7, 11) is 2.58. The summed E-state index contributed by atoms with van der Waals surface area (Å²) in [5.74, 6) is -1.31. The fourth-order valence-corrected chi connectivity index (χ4v) is 3.58. The van der Waals surface area contributed by atoms with Gasteiger partial charge in [-0.2, -0.15) is 0 Å². The van der Waals surface area contributed by atoms with Crippen LogP contribution in [-0.2, 0) is 19.1 Å². The van der Waals surface area contributed by atoms with Crippen LogP contribution in [0.3, 0.4) is 0 Å². The minimum atomic E-state index is -1.18. The van der Waals surface area contributed by atoms with Crippen LogP contribution in [0.1, 0.15) is 30.9 Å². The minimum absolute atomic E-state index is 0.111. The van der Waals surface area contributed by atoms with Crippen molar-refractivity contribution >= 4 is 18.0 Å². The molecule has 1 aliphatic carbocycles. The van der Waals surface area contributed by atoms with Gasteiger partial charge in [-0.25, -0.2) is 0 Å². The van der Waals surface area contributed by atoms with Crippen LogP contribution in [-0.4, -0.2) is 26.2 Å². The van der Waals surface area contributed by atoms with Crippen molar-refractivity contribution < 1.29 is 19.1 Å². The first kappa shape index (κ1) is 20.4. The highest BCUT2D eigenvalue weighted by molar-refractivity contribution is 6.05. The predicted molar refractivity (Wildman–Crippen MR) is 106 cm³/mol. The van der Waals surface area contributed by atoms with Crippen molar-refractivity contribution in [2.45, 2.75) is 19.8 Å². The summed E-state index contributed by atoms with van der Waals surface area (Å²) in [6.45, 7) is 3.89. The number of carbonyl (C=O) groups is 2. The normalized spacial score (nSPS) is 19.6. The average Bonchev–Trinajstić information content (AvgIpc) is 3.35. The van der Waals surface area contributed by atoms with E-state index in [4.69, 9.17) is 9.47 Å². The molecule has 1 aliphatic rings. The van der Waals surface area contributed by atoms with Crippen LogP contribution in [0, 0.1) is 11.3 Å². The van der Waals surface area contributed by atoms with Crippen molar-refractivity contribution in [3.05, 3.63) is 77.9 Å². The Labute approximate surface area is 160 Å². The van der Waals surface area contributed by atoms with E-state index in [9.17, 15) is 9.59 Å². The second-order valence-electron chi connectivity index (χ2n) is 6.44. The highest BCUT2D eigenvalue weighted by Gasteiger charge is 2.74. The molecule has 2 aromatic rings. The Balaban J connectivity index is 0.000000244. The van der Waals surface area contributed by atoms with Crippen LogP contribution >= 0.6 is 0 Å². The third kappa shape index (κ3) is 4.11. The number of esters is 2. The lowest BCUT2D eigenvalue weighted by atomic mass is 9.99. The quantitative estimate of drug-likeness (QED) is 0.592. The maximum atomic E-state index is 12.0. The highest BCUT2D eigenvalue weighted by atomic mass is 16.5. The third-order valence-corrected chi connectivity index (χ3v) is 4.96. The molecule has 3 rings (SSSR count). The van der Waals surface area contributed by atoms with E-state index in [2.05, 4.69) is 18.2 Å². The molecule has 4 heteroatoms. The first-order chi connectivity index (χ1) is 13.0. The van der Waals surface area contributed by atoms with Crippen molar-refractivity contribution in [1.82, 2.24) is 0 Å². The van der Waals surface area contributed by atoms with E-state index in [1.165, 1.54) is 19.8 Å². The Hall–Kier alpha value is -2.88. The number of ether oxygens (including phenoxy) is 2. The lowest BCUT2D eigenvalue weighted by molar-refractivity contribution is -0.162. The molecule has 2 unspecified atom stereocenters. The molecule has 0 saturated heterocycles. The lowest BCUT2D eigenvalue weighted by Gasteiger charge is -2.12. The molecule has 1 fully saturated rings. The smallest absolute Gasteiger partial charge is 0.324 e. The Morgan fingerprint density at radius 1 is 0.889 bits per heavy atom. The van der Waals surface area contributed by atoms with Gasteiger partial charge in [-0.1, -0.05) is 79.7 Å². The van der Waals surface area contributed by atoms with Gasteiger partial charge in [-0.15, -0.1) is 0 Å². The molecule has 2 atom stereocenters. The average molecular weight is 366 g/mol. The minimum Gasteiger partial charge on any atom is -0.468 e. The van der Waals surface area contributed by atoms with Crippen molar-refractivity contribution in [3.63, 3.8) is 0 Å². The van der Waals surface area contributed by atoms with Gasteiger partial charge in [-0.05, 0) is 24.0 Å². The van der Waals surface area contributed by atoms with Gasteiger partial charge in [0.05, 0.1) is 14.2 Å². The van der Waals surface area contributed by atoms with E-state index in [0.717, 1.165) is 5.56 Å². The molecule has 0 spiro atoms. The van der Waals surface area contributed by atoms with Crippen molar-refractivity contribution in [3.8, 4) is 0 Å². The van der Waals surface area contributed by atoms with Crippen LogP contribution in [0.5, 0.6) is 0 Å². The molecular formula is C23H26O4. The summed E-state index contributed by atoms with van der Waals surface area (Å²) < 4.78 is 9.57. The standard InChI is InChI=1S/C14H16O4.C9H10/c1-9-11(10-7-5-4-6-8-10)14(9,12(15)17-2)13(16)18-3;1-2-6-9-7-4-3-5-8-9/h4-9,11H,1-3H3;2-8H,1H3/b;6-2-. The lowest BCUT2D eigenvalue weighted by Crippen LogP contribution is -2.31. The number of carbonyl (C=O) groups excluding carboxylic acids is 2. The first-order valence-corrected chi connectivity index (χ1v) is 8.93. The molecular weight excluding hydrogens is 340 g/mol. The van der Waals surface area contributed by atoms with Crippen LogP contribution in [0.2, 0.25) is 0 Å². The van der Waals surface area contributed by atoms with Gasteiger partial charge in [-0.3, -0.25) is 9.59 Å². The van der Waals surface area contributed by atoms with Gasteiger partial charge in [0, 0.05) is 5.92 Å². The molecule has 0 aliphatic heterocycles. The monoisotopic (exact) mass is 366 g/mol. The van der Waals surface area contributed by atoms with E-state index in [-0.39, 0.29) is 11.8 Å². The van der Waals surface area contributed by atoms with Crippen molar-refractivity contribution in [1.29, 1.82) is 0 Å². The maximum Gasteiger partial charge on any atom is 0.324 e. The fraction of sp³-hybridized carbons (Fsp3) is 0.304. The van der Waals surface area contributed by atoms with Gasteiger partial charge in [0.15, 0.2) is 5.41 Å². The van der Waals surface area contributed by atoms with Crippen LogP contribution < -0.4 is 0 Å². The molecule has 142 valence electrons. The Bertz CT molecular complexity index is 765. The Morgan fingerprint density at radius 2 is 1.37 bits per heavy atom. The summed E-state index contributed by atoms with van der Waals surface area (Å²) in [5, 5.41) is 0. The summed E-state index contributed by atoms with van der Waals surface area (Å²) in [6, 6.07) is 19.8. The first-order valence-electron chi connectivity index (χ1n) is 8.93. The van der Waals surface area contributed by atoms with Gasteiger partial charge in [0.2, 0.25) is 0 Å². The number of rotatable bonds is 4. The zero-order valence-corrected chi connectivity index (χ0v) is 16.2. The topological polar surface area (TPSA) is 52.6 Å². The van der Waals surface area contributed by atoms with Gasteiger partial charge >= 0.3 is 11.9 Å². The third-order valence-electron chi connectivity index (χ3n) is 4.96. The highest BCUT2D eigenvalue weighted by Crippen LogP contribution is 2.65. The number of allylic oxidation sites excluding steroid dienone is 1. The summed E-state index contributed by atoms with van der Waals surface area (Å²) >= 11 is 0. The molecule has 0 radical (unpaired) electrons. The van der Waals surface area contributed by atoms with Gasteiger partial charge in [0.25, 0.3) is 0 Å². The largest absolute Gasteiger partial charge is 0.468 e. The van der Waals surface area contributed by atoms with Gasteiger partial charge < -0.3 is 9.47 Å². The number of hydrogen-bond acceptors (Lipinski definition) is 4. The Kier molecular flexibility index (Phi) is 6.94. The van der Waals surface area contributed by atoms with E-state index in [0.29, 0.717) is 0 Å². The molecule has 27 heavy (non-hydrogen) atoms. The SMILES string of the molecule is C/C=C\c1ccccc1.COC(=O)C1(C(=O)OC)C(C)C1c1ccccc1. The summed E-state index contributed by atoms with van der Waals surface area (Å²) in [4.78, 5) is 23.9. The van der Waals surface area contributed by atoms with E-state index >= 15 is 0 Å². The van der Waals surface area contributed by atoms with Crippen molar-refractivity contribution in [2.24, 2.45) is 11.3 Å².